The van der Waals surface area contributed by atoms with Crippen LogP contribution in [-0.2, 0) is 9.59 Å². The van der Waals surface area contributed by atoms with Crippen molar-refractivity contribution in [2.24, 2.45) is 11.8 Å². The van der Waals surface area contributed by atoms with Gasteiger partial charge in [0.25, 0.3) is 5.91 Å². The topological polar surface area (TPSA) is 75.7 Å². The van der Waals surface area contributed by atoms with Crippen LogP contribution in [0.15, 0.2) is 84.4 Å². The monoisotopic (exact) mass is 486 g/mol. The van der Waals surface area contributed by atoms with Gasteiger partial charge in [-0.05, 0) is 86.5 Å². The maximum absolute atomic E-state index is 13.0. The Kier molecular flexibility index (Phi) is 6.14. The Morgan fingerprint density at radius 3 is 2.31 bits per heavy atom. The van der Waals surface area contributed by atoms with Crippen molar-refractivity contribution in [1.82, 2.24) is 0 Å². The van der Waals surface area contributed by atoms with Crippen LogP contribution in [0, 0.1) is 11.8 Å². The lowest BCUT2D eigenvalue weighted by Gasteiger charge is -2.18. The first-order chi connectivity index (χ1) is 16.9. The molecule has 35 heavy (non-hydrogen) atoms. The molecule has 1 N–H and O–H groups in total. The quantitative estimate of drug-likeness (QED) is 0.342. The van der Waals surface area contributed by atoms with E-state index in [-0.39, 0.29) is 29.6 Å². The molecule has 6 nitrogen and oxygen atoms in total. The van der Waals surface area contributed by atoms with Crippen LogP contribution in [0.25, 0.3) is 0 Å². The van der Waals surface area contributed by atoms with Gasteiger partial charge in [-0.15, -0.1) is 0 Å². The number of halogens is 1. The van der Waals surface area contributed by atoms with E-state index in [0.717, 1.165) is 5.57 Å². The minimum Gasteiger partial charge on any atom is -0.457 e. The zero-order valence-corrected chi connectivity index (χ0v) is 19.8. The van der Waals surface area contributed by atoms with E-state index in [1.807, 2.05) is 13.0 Å². The molecular formula is C28H23ClN2O4. The molecule has 1 saturated heterocycles. The van der Waals surface area contributed by atoms with Crippen LogP contribution >= 0.6 is 11.6 Å². The molecule has 2 aliphatic rings. The molecule has 3 amide bonds. The van der Waals surface area contributed by atoms with Crippen molar-refractivity contribution in [2.75, 3.05) is 10.2 Å². The van der Waals surface area contributed by atoms with Crippen LogP contribution in [0.2, 0.25) is 5.02 Å². The summed E-state index contributed by atoms with van der Waals surface area (Å²) in [6.07, 6.45) is 3.21. The number of hydrogen-bond donors (Lipinski definition) is 1. The smallest absolute Gasteiger partial charge is 0.255 e. The SMILES string of the molecule is CC1=CC[C@@H]2C(=O)N(c3cccc(C(=O)Nc4ccc(Oc5ccc(Cl)cc5)cc4)c3)C(=O)[C@H]2C1. The molecule has 0 saturated carbocycles. The molecule has 1 heterocycles. The van der Waals surface area contributed by atoms with Gasteiger partial charge in [-0.2, -0.15) is 0 Å². The minimum atomic E-state index is -0.341. The number of allylic oxidation sites excluding steroid dienone is 2. The van der Waals surface area contributed by atoms with Crippen molar-refractivity contribution in [3.63, 3.8) is 0 Å². The fourth-order valence-corrected chi connectivity index (χ4v) is 4.65. The number of amides is 3. The number of ether oxygens (including phenoxy) is 1. The Bertz CT molecular complexity index is 1330. The van der Waals surface area contributed by atoms with Gasteiger partial charge in [0.2, 0.25) is 11.8 Å². The standard InChI is InChI=1S/C28H23ClN2O4/c1-17-5-14-24-25(15-17)28(34)31(27(24)33)21-4-2-3-18(16-21)26(32)30-20-8-12-23(13-9-20)35-22-10-6-19(29)7-11-22/h2-13,16,24-25H,14-15H2,1H3,(H,30,32)/t24-,25-/m0/s1. The molecule has 5 rings (SSSR count). The first kappa shape index (κ1) is 22.9. The molecule has 0 radical (unpaired) electrons. The highest BCUT2D eigenvalue weighted by Crippen LogP contribution is 2.39. The molecule has 7 heteroatoms. The third-order valence-electron chi connectivity index (χ3n) is 6.35. The summed E-state index contributed by atoms with van der Waals surface area (Å²) < 4.78 is 5.77. The molecular weight excluding hydrogens is 464 g/mol. The summed E-state index contributed by atoms with van der Waals surface area (Å²) in [6, 6.07) is 20.6. The van der Waals surface area contributed by atoms with Crippen LogP contribution in [-0.4, -0.2) is 17.7 Å². The predicted octanol–water partition coefficient (Wildman–Crippen LogP) is 6.23. The van der Waals surface area contributed by atoms with Gasteiger partial charge in [-0.3, -0.25) is 19.3 Å². The zero-order chi connectivity index (χ0) is 24.5. The summed E-state index contributed by atoms with van der Waals surface area (Å²) in [6.45, 7) is 1.98. The lowest BCUT2D eigenvalue weighted by Crippen LogP contribution is -2.31. The molecule has 0 unspecified atom stereocenters. The van der Waals surface area contributed by atoms with E-state index in [1.165, 1.54) is 4.90 Å². The van der Waals surface area contributed by atoms with E-state index in [4.69, 9.17) is 16.3 Å². The van der Waals surface area contributed by atoms with E-state index in [0.29, 0.717) is 46.3 Å². The van der Waals surface area contributed by atoms with Gasteiger partial charge < -0.3 is 10.1 Å². The van der Waals surface area contributed by atoms with Gasteiger partial charge in [0.15, 0.2) is 0 Å². The zero-order valence-electron chi connectivity index (χ0n) is 19.0. The Hall–Kier alpha value is -3.90. The third-order valence-corrected chi connectivity index (χ3v) is 6.60. The lowest BCUT2D eigenvalue weighted by atomic mass is 9.82. The number of carbonyl (C=O) groups excluding carboxylic acids is 3. The molecule has 1 aliphatic heterocycles. The Morgan fingerprint density at radius 1 is 0.943 bits per heavy atom. The van der Waals surface area contributed by atoms with E-state index in [1.54, 1.807) is 72.8 Å². The van der Waals surface area contributed by atoms with Crippen molar-refractivity contribution < 1.29 is 19.1 Å². The second-order valence-electron chi connectivity index (χ2n) is 8.80. The fraction of sp³-hybridized carbons (Fsp3) is 0.179. The summed E-state index contributed by atoms with van der Waals surface area (Å²) >= 11 is 5.90. The molecule has 0 aromatic heterocycles. The van der Waals surface area contributed by atoms with Gasteiger partial charge in [0.1, 0.15) is 11.5 Å². The second-order valence-corrected chi connectivity index (χ2v) is 9.24. The molecule has 0 spiro atoms. The molecule has 0 bridgehead atoms. The number of benzene rings is 3. The number of rotatable bonds is 5. The Morgan fingerprint density at radius 2 is 1.60 bits per heavy atom. The van der Waals surface area contributed by atoms with Crippen LogP contribution < -0.4 is 15.0 Å². The number of nitrogens with one attached hydrogen (secondary N) is 1. The summed E-state index contributed by atoms with van der Waals surface area (Å²) in [4.78, 5) is 40.1. The highest BCUT2D eigenvalue weighted by Gasteiger charge is 2.48. The van der Waals surface area contributed by atoms with Crippen LogP contribution in [0.1, 0.15) is 30.1 Å². The lowest BCUT2D eigenvalue weighted by molar-refractivity contribution is -0.122. The summed E-state index contributed by atoms with van der Waals surface area (Å²) in [5.41, 5.74) is 2.50. The number of anilines is 2. The van der Waals surface area contributed by atoms with Gasteiger partial charge in [0.05, 0.1) is 17.5 Å². The molecule has 2 atom stereocenters. The maximum Gasteiger partial charge on any atom is 0.255 e. The predicted molar refractivity (Wildman–Crippen MR) is 135 cm³/mol. The van der Waals surface area contributed by atoms with E-state index < -0.39 is 0 Å². The highest BCUT2D eigenvalue weighted by molar-refractivity contribution is 6.30. The number of fused-ring (bicyclic) bond motifs is 1. The number of carbonyl (C=O) groups is 3. The molecule has 1 fully saturated rings. The Balaban J connectivity index is 1.27. The van der Waals surface area contributed by atoms with E-state index >= 15 is 0 Å². The number of hydrogen-bond acceptors (Lipinski definition) is 4. The molecule has 176 valence electrons. The van der Waals surface area contributed by atoms with Crippen LogP contribution in [0.3, 0.4) is 0 Å². The minimum absolute atomic E-state index is 0.193. The van der Waals surface area contributed by atoms with Crippen molar-refractivity contribution in [3.05, 3.63) is 95.0 Å². The van der Waals surface area contributed by atoms with Gasteiger partial charge in [0, 0.05) is 16.3 Å². The van der Waals surface area contributed by atoms with Gasteiger partial charge >= 0.3 is 0 Å². The van der Waals surface area contributed by atoms with E-state index in [2.05, 4.69) is 5.32 Å². The van der Waals surface area contributed by atoms with Gasteiger partial charge in [-0.25, -0.2) is 0 Å². The van der Waals surface area contributed by atoms with Crippen molar-refractivity contribution in [1.29, 1.82) is 0 Å². The average molecular weight is 487 g/mol. The second kappa shape index (κ2) is 9.39. The third kappa shape index (κ3) is 4.70. The normalized spacial score (nSPS) is 19.3. The van der Waals surface area contributed by atoms with Crippen LogP contribution in [0.4, 0.5) is 11.4 Å². The summed E-state index contributed by atoms with van der Waals surface area (Å²) in [5.74, 6) is -0.105. The van der Waals surface area contributed by atoms with Crippen molar-refractivity contribution >= 4 is 40.7 Å². The first-order valence-electron chi connectivity index (χ1n) is 11.4. The number of imide groups is 1. The molecule has 3 aromatic carbocycles. The van der Waals surface area contributed by atoms with Gasteiger partial charge in [-0.1, -0.05) is 29.3 Å². The average Bonchev–Trinajstić information content (AvgIpc) is 3.11. The molecule has 3 aromatic rings. The summed E-state index contributed by atoms with van der Waals surface area (Å²) in [7, 11) is 0. The van der Waals surface area contributed by atoms with E-state index in [9.17, 15) is 14.4 Å². The van der Waals surface area contributed by atoms with Crippen molar-refractivity contribution in [2.45, 2.75) is 19.8 Å². The highest BCUT2D eigenvalue weighted by atomic mass is 35.5. The number of nitrogens with zero attached hydrogens (tertiary/aromatic N) is 1. The van der Waals surface area contributed by atoms with Crippen LogP contribution in [0.5, 0.6) is 11.5 Å². The van der Waals surface area contributed by atoms with Crippen molar-refractivity contribution in [3.8, 4) is 11.5 Å². The molecule has 1 aliphatic carbocycles. The maximum atomic E-state index is 13.0. The largest absolute Gasteiger partial charge is 0.457 e. The summed E-state index contributed by atoms with van der Waals surface area (Å²) in [5, 5.41) is 3.47. The first-order valence-corrected chi connectivity index (χ1v) is 11.8. The fourth-order valence-electron chi connectivity index (χ4n) is 4.53. The Labute approximate surface area is 208 Å².